The van der Waals surface area contributed by atoms with Crippen molar-refractivity contribution in [3.05, 3.63) is 298 Å². The molecule has 20 heterocycles. The molecular formula is C93H82N20O8S6. The number of aromatic nitrogens is 18. The second-order valence-electron chi connectivity index (χ2n) is 30.4. The Bertz CT molecular complexity index is 7360. The molecule has 1 saturated carbocycles. The third kappa shape index (κ3) is 19.5. The highest BCUT2D eigenvalue weighted by Crippen LogP contribution is 2.42. The minimum Gasteiger partial charge on any atom is -0.465 e. The van der Waals surface area contributed by atoms with Crippen LogP contribution in [-0.2, 0) is 17.6 Å². The van der Waals surface area contributed by atoms with Crippen LogP contribution in [0.2, 0.25) is 0 Å². The largest absolute Gasteiger partial charge is 0.465 e. The van der Waals surface area contributed by atoms with E-state index < -0.39 is 5.97 Å². The summed E-state index contributed by atoms with van der Waals surface area (Å²) in [5, 5.41) is 15.1. The number of nitrogens with zero attached hydrogens (tertiary/aromatic N) is 12. The zero-order chi connectivity index (χ0) is 87.4. The molecule has 19 aromatic rings. The molecule has 3 aliphatic rings. The van der Waals surface area contributed by atoms with Gasteiger partial charge < -0.3 is 45.3 Å². The van der Waals surface area contributed by atoms with Crippen molar-refractivity contribution in [3.63, 3.8) is 0 Å². The van der Waals surface area contributed by atoms with Crippen LogP contribution >= 0.6 is 68.0 Å². The molecule has 2 aliphatic heterocycles. The van der Waals surface area contributed by atoms with Crippen LogP contribution in [0.5, 0.6) is 0 Å². The summed E-state index contributed by atoms with van der Waals surface area (Å²) in [6.07, 6.45) is 20.6. The van der Waals surface area contributed by atoms with E-state index in [2.05, 4.69) is 126 Å². The minimum absolute atomic E-state index is 0.0637. The van der Waals surface area contributed by atoms with Crippen molar-refractivity contribution < 1.29 is 9.53 Å². The first-order valence-electron chi connectivity index (χ1n) is 41.2. The van der Waals surface area contributed by atoms with E-state index >= 15 is 0 Å². The molecule has 1 atom stereocenters. The molecule has 34 heteroatoms. The lowest BCUT2D eigenvalue weighted by atomic mass is 9.81. The molecule has 0 radical (unpaired) electrons. The van der Waals surface area contributed by atoms with Crippen molar-refractivity contribution in [1.29, 1.82) is 0 Å². The summed E-state index contributed by atoms with van der Waals surface area (Å²) in [6, 6.07) is 43.3. The Kier molecular flexibility index (Phi) is 26.6. The first kappa shape index (κ1) is 85.7. The highest BCUT2D eigenvalue weighted by Gasteiger charge is 2.27. The first-order valence-corrected chi connectivity index (χ1v) is 46.3. The van der Waals surface area contributed by atoms with Crippen LogP contribution in [0.15, 0.2) is 227 Å². The van der Waals surface area contributed by atoms with E-state index in [9.17, 15) is 33.6 Å². The van der Waals surface area contributed by atoms with Crippen LogP contribution in [0, 0.1) is 32.6 Å². The van der Waals surface area contributed by atoms with Gasteiger partial charge in [0.15, 0.2) is 34.9 Å². The molecule has 0 amide bonds. The van der Waals surface area contributed by atoms with Crippen LogP contribution < -0.4 is 44.0 Å². The molecule has 3 fully saturated rings. The molecular weight excluding hydrogens is 1720 g/mol. The van der Waals surface area contributed by atoms with E-state index in [4.69, 9.17) is 14.7 Å². The molecule has 0 bridgehead atoms. The Morgan fingerprint density at radius 2 is 0.795 bits per heavy atom. The average molecular weight is 1800 g/mol. The lowest BCUT2D eigenvalue weighted by Gasteiger charge is -2.24. The Morgan fingerprint density at radius 3 is 1.24 bits per heavy atom. The number of fused-ring (bicyclic) bond motifs is 6. The number of piperidine rings is 2. The van der Waals surface area contributed by atoms with Gasteiger partial charge in [-0.3, -0.25) is 58.7 Å². The third-order valence-corrected chi connectivity index (χ3v) is 27.9. The number of methoxy groups -OCH3 is 1. The summed E-state index contributed by atoms with van der Waals surface area (Å²) in [5.41, 5.74) is 14.8. The van der Waals surface area contributed by atoms with Crippen molar-refractivity contribution in [2.75, 3.05) is 33.3 Å². The number of thiophene rings is 6. The Labute approximate surface area is 747 Å². The van der Waals surface area contributed by atoms with Gasteiger partial charge in [-0.2, -0.15) is 0 Å². The fraction of sp³-hybridized carbons (Fsp3) is 0.215. The second kappa shape index (κ2) is 39.4. The number of carbonyl (C=O) groups is 1. The van der Waals surface area contributed by atoms with E-state index in [1.54, 1.807) is 62.3 Å². The van der Waals surface area contributed by atoms with Crippen molar-refractivity contribution in [2.24, 2.45) is 11.8 Å². The summed E-state index contributed by atoms with van der Waals surface area (Å²) >= 11 is 8.57. The predicted octanol–water partition coefficient (Wildman–Crippen LogP) is 17.0. The van der Waals surface area contributed by atoms with E-state index in [1.165, 1.54) is 137 Å². The quantitative estimate of drug-likeness (QED) is 0.0497. The smallest absolute Gasteiger partial charge is 0.341 e. The zero-order valence-electron chi connectivity index (χ0n) is 69.1. The highest BCUT2D eigenvalue weighted by molar-refractivity contribution is 7.20. The van der Waals surface area contributed by atoms with Crippen molar-refractivity contribution >= 4 is 135 Å². The van der Waals surface area contributed by atoms with Gasteiger partial charge in [0, 0.05) is 57.9 Å². The molecule has 2 saturated heterocycles. The summed E-state index contributed by atoms with van der Waals surface area (Å²) in [4.78, 5) is 157. The van der Waals surface area contributed by atoms with Gasteiger partial charge in [-0.15, -0.1) is 68.0 Å². The Hall–Kier alpha value is -13.5. The normalized spacial score (nSPS) is 13.9. The van der Waals surface area contributed by atoms with Crippen molar-refractivity contribution in [3.8, 4) is 80.2 Å². The number of aromatic amines is 6. The molecule has 18 aromatic heterocycles. The van der Waals surface area contributed by atoms with Gasteiger partial charge in [-0.05, 0) is 239 Å². The molecule has 1 unspecified atom stereocenters. The molecule has 1 aromatic carbocycles. The summed E-state index contributed by atoms with van der Waals surface area (Å²) in [7, 11) is 1.30. The van der Waals surface area contributed by atoms with E-state index in [-0.39, 0.29) is 33.4 Å². The number of benzene rings is 1. The molecule has 1 aliphatic carbocycles. The number of hydrogen-bond acceptors (Lipinski definition) is 28. The van der Waals surface area contributed by atoms with Crippen LogP contribution in [0.25, 0.3) is 142 Å². The van der Waals surface area contributed by atoms with E-state index in [0.717, 1.165) is 92.9 Å². The number of hydrogen-bond donors (Lipinski definition) is 8. The molecule has 638 valence electrons. The van der Waals surface area contributed by atoms with E-state index in [0.29, 0.717) is 126 Å². The van der Waals surface area contributed by atoms with Gasteiger partial charge in [-0.1, -0.05) is 67.1 Å². The van der Waals surface area contributed by atoms with Gasteiger partial charge >= 0.3 is 5.97 Å². The minimum atomic E-state index is -0.496. The Balaban J connectivity index is 0.000000108. The van der Waals surface area contributed by atoms with Gasteiger partial charge in [-0.25, -0.2) is 34.7 Å². The van der Waals surface area contributed by atoms with Crippen molar-refractivity contribution in [2.45, 2.75) is 84.5 Å². The number of nitrogens with one attached hydrogen (secondary N) is 8. The lowest BCUT2D eigenvalue weighted by molar-refractivity contribution is 0.0602. The van der Waals surface area contributed by atoms with Gasteiger partial charge in [0.2, 0.25) is 0 Å². The number of carbonyl (C=O) groups excluding carboxylic acids is 1. The SMILES string of the molecule is COC(=O)c1c(C)sc2c(=O)[nH]c(-c3ccccn3)nc12.Cc1cc2nc(-c3ccccn3)[nH]c(=O)c2s1.Cc1ccccc1-c1csc2c(=O)[nH]c(-c3ccccn3)nc12.O=c1[nH]c(-c2ccccn2)nc2c(C3CCC3)csc12.O=c1[nH]c(-c2ccccn2)nc2c(CC3CCCNC3)csc12.O=c1[nH]c(-c2ccccn2)nc2c(CC3CCNCC3)csc12. The number of pyridine rings is 6. The first-order chi connectivity index (χ1) is 62.0. The number of H-pyrrole nitrogens is 6. The topological polar surface area (TPSA) is 402 Å². The standard InChI is InChI=1S/C18H13N3OS.2C17H18N4OS.C15H13N3OS.C14H11N3O3S.C12H9N3OS/c1-11-6-2-3-7-12(11)13-10-23-16-15(13)20-17(21-18(16)22)14-8-4-5-9-19-14;22-17-15-14(20-16(21-17)13-5-1-2-7-19-13)12(10-23-15)8-11-4-3-6-18-9-11;22-17-15-14(20-16(21-17)13-3-1-2-6-19-13)12(10-23-15)9-11-4-7-18-8-5-11;19-15-13-12(10(8-20-13)9-4-3-5-9)17-14(18-15)11-6-1-2-7-16-11;1-7-9(14(19)20-2)10-11(21-7)13(18)17-12(16-10)8-5-3-4-6-15-8;1-7-6-9-10(17-7)12(16)15-11(14-9)8-4-2-3-5-13-8/h2-10H,1H3,(H,20,21,22);1-2,5,7,10-11,18H,3-4,6,8-9H2,(H,20,21,22);1-3,6,10-11,18H,4-5,7-9H2,(H,20,21,22);1-2,6-9H,3-5H2,(H,17,18,19);3-6H,1-2H3,(H,16,17,18);2-6H,1H3,(H,14,15,16). The molecule has 127 heavy (non-hydrogen) atoms. The van der Waals surface area contributed by atoms with Crippen molar-refractivity contribution in [1.82, 2.24) is 100 Å². The zero-order valence-corrected chi connectivity index (χ0v) is 74.0. The molecule has 0 spiro atoms. The maximum Gasteiger partial charge on any atom is 0.341 e. The average Bonchev–Trinajstić information content (AvgIpc) is 1.64. The fourth-order valence-corrected chi connectivity index (χ4v) is 20.8. The Morgan fingerprint density at radius 1 is 0.386 bits per heavy atom. The molecule has 22 rings (SSSR count). The van der Waals surface area contributed by atoms with Crippen LogP contribution in [0.1, 0.15) is 93.2 Å². The maximum absolute atomic E-state index is 12.4. The summed E-state index contributed by atoms with van der Waals surface area (Å²) in [5.74, 6) is 4.38. The number of aryl methyl sites for hydroxylation is 3. The monoisotopic (exact) mass is 1800 g/mol. The van der Waals surface area contributed by atoms with E-state index in [1.807, 2.05) is 121 Å². The van der Waals surface area contributed by atoms with Crippen LogP contribution in [0.3, 0.4) is 0 Å². The van der Waals surface area contributed by atoms with Crippen LogP contribution in [-0.4, -0.2) is 129 Å². The summed E-state index contributed by atoms with van der Waals surface area (Å²) in [6.45, 7) is 10.1. The highest BCUT2D eigenvalue weighted by atomic mass is 32.1. The summed E-state index contributed by atoms with van der Waals surface area (Å²) < 4.78 is 8.65. The number of ether oxygens (including phenoxy) is 1. The maximum atomic E-state index is 12.4. The fourth-order valence-electron chi connectivity index (χ4n) is 15.2. The number of esters is 1. The van der Waals surface area contributed by atoms with Gasteiger partial charge in [0.25, 0.3) is 33.4 Å². The molecule has 8 N–H and O–H groups in total. The van der Waals surface area contributed by atoms with Gasteiger partial charge in [0.05, 0.1) is 40.3 Å². The predicted molar refractivity (Wildman–Crippen MR) is 507 cm³/mol. The second-order valence-corrected chi connectivity index (χ2v) is 36.4. The van der Waals surface area contributed by atoms with Gasteiger partial charge in [0.1, 0.15) is 67.9 Å². The lowest BCUT2D eigenvalue weighted by Crippen LogP contribution is -2.30. The van der Waals surface area contributed by atoms with Crippen LogP contribution in [0.4, 0.5) is 0 Å². The third-order valence-electron chi connectivity index (χ3n) is 21.8. The molecule has 28 nitrogen and oxygen atoms in total. The number of rotatable bonds is 13.